The minimum absolute atomic E-state index is 0.0233. The summed E-state index contributed by atoms with van der Waals surface area (Å²) in [6.07, 6.45) is 4.98. The van der Waals surface area contributed by atoms with Crippen LogP contribution in [0, 0.1) is 17.3 Å². The number of aliphatic hydroxyl groups is 1. The number of phenols is 1. The van der Waals surface area contributed by atoms with Gasteiger partial charge in [-0.2, -0.15) is 0 Å². The molecule has 2 aliphatic carbocycles. The first kappa shape index (κ1) is 20.7. The molecule has 1 fully saturated rings. The van der Waals surface area contributed by atoms with E-state index >= 15 is 0 Å². The summed E-state index contributed by atoms with van der Waals surface area (Å²) in [6.45, 7) is 8.35. The van der Waals surface area contributed by atoms with Gasteiger partial charge in [-0.3, -0.25) is 0 Å². The van der Waals surface area contributed by atoms with E-state index in [2.05, 4.69) is 19.9 Å². The summed E-state index contributed by atoms with van der Waals surface area (Å²) >= 11 is 0. The predicted molar refractivity (Wildman–Crippen MR) is 107 cm³/mol. The Balaban J connectivity index is 1.93. The number of ether oxygens (including phenoxy) is 2. The summed E-state index contributed by atoms with van der Waals surface area (Å²) in [4.78, 5) is 12.9. The third kappa shape index (κ3) is 3.52. The lowest BCUT2D eigenvalue weighted by Crippen LogP contribution is -2.50. The highest BCUT2D eigenvalue weighted by molar-refractivity contribution is 5.90. The van der Waals surface area contributed by atoms with E-state index in [4.69, 9.17) is 9.47 Å². The molecule has 1 aromatic rings. The number of aromatic hydroxyl groups is 1. The number of phenolic OH excluding ortho intramolecular Hbond substituents is 1. The molecule has 2 N–H and O–H groups in total. The molecule has 5 nitrogen and oxygen atoms in total. The normalized spacial score (nSPS) is 32.5. The molecule has 0 radical (unpaired) electrons. The van der Waals surface area contributed by atoms with Crippen LogP contribution in [0.15, 0.2) is 29.8 Å². The van der Waals surface area contributed by atoms with Crippen LogP contribution in [0.3, 0.4) is 0 Å². The summed E-state index contributed by atoms with van der Waals surface area (Å²) < 4.78 is 11.1. The number of fused-ring (bicyclic) bond motifs is 1. The van der Waals surface area contributed by atoms with Crippen molar-refractivity contribution in [2.45, 2.75) is 65.1 Å². The number of methoxy groups -OCH3 is 1. The smallest absolute Gasteiger partial charge is 0.338 e. The van der Waals surface area contributed by atoms with Crippen LogP contribution in [-0.2, 0) is 4.74 Å². The fraction of sp³-hybridized carbons (Fsp3) is 0.609. The van der Waals surface area contributed by atoms with Crippen molar-refractivity contribution in [3.05, 3.63) is 35.4 Å². The lowest BCUT2D eigenvalue weighted by molar-refractivity contribution is -0.112. The molecule has 0 spiro atoms. The van der Waals surface area contributed by atoms with Crippen molar-refractivity contribution in [2.75, 3.05) is 7.11 Å². The Morgan fingerprint density at radius 2 is 2.00 bits per heavy atom. The number of allylic oxidation sites excluding steroid dienone is 1. The molecule has 0 heterocycles. The van der Waals surface area contributed by atoms with Gasteiger partial charge in [-0.05, 0) is 55.7 Å². The highest BCUT2D eigenvalue weighted by Gasteiger charge is 2.59. The highest BCUT2D eigenvalue weighted by atomic mass is 16.5. The van der Waals surface area contributed by atoms with Gasteiger partial charge in [-0.15, -0.1) is 0 Å². The third-order valence-electron chi connectivity index (χ3n) is 6.87. The summed E-state index contributed by atoms with van der Waals surface area (Å²) in [5.74, 6) is -0.302. The van der Waals surface area contributed by atoms with Gasteiger partial charge in [0, 0.05) is 12.3 Å². The zero-order valence-corrected chi connectivity index (χ0v) is 17.5. The van der Waals surface area contributed by atoms with E-state index in [1.165, 1.54) is 30.9 Å². The molecule has 154 valence electrons. The van der Waals surface area contributed by atoms with Gasteiger partial charge in [-0.1, -0.05) is 32.4 Å². The van der Waals surface area contributed by atoms with Crippen molar-refractivity contribution in [2.24, 2.45) is 17.3 Å². The molecule has 4 atom stereocenters. The molecule has 0 saturated heterocycles. The minimum Gasteiger partial charge on any atom is -0.504 e. The van der Waals surface area contributed by atoms with Crippen LogP contribution >= 0.6 is 0 Å². The first-order valence-corrected chi connectivity index (χ1v) is 10.1. The fourth-order valence-corrected chi connectivity index (χ4v) is 5.09. The van der Waals surface area contributed by atoms with Crippen LogP contribution < -0.4 is 4.74 Å². The van der Waals surface area contributed by atoms with Crippen LogP contribution in [0.4, 0.5) is 0 Å². The maximum absolute atomic E-state index is 12.9. The number of carbonyl (C=O) groups is 1. The topological polar surface area (TPSA) is 76.0 Å². The lowest BCUT2D eigenvalue weighted by atomic mass is 9.67. The Morgan fingerprint density at radius 3 is 2.64 bits per heavy atom. The molecule has 0 aliphatic heterocycles. The summed E-state index contributed by atoms with van der Waals surface area (Å²) in [7, 11) is 1.44. The highest BCUT2D eigenvalue weighted by Crippen LogP contribution is 2.58. The Kier molecular flexibility index (Phi) is 5.50. The standard InChI is InChI=1S/C23H32O5/c1-14(2)23(26)11-10-22(4)9-8-15(3)12-19(20(22)23)28-21(25)16-6-7-17(24)18(13-16)27-5/h6-8,13-14,19-20,24,26H,9-12H2,1-5H3/t19-,20-,22+,23+/m1/s1. The predicted octanol–water partition coefficient (Wildman–Crippen LogP) is 4.47. The lowest BCUT2D eigenvalue weighted by Gasteiger charge is -2.43. The van der Waals surface area contributed by atoms with Crippen LogP contribution in [0.1, 0.15) is 63.7 Å². The second-order valence-corrected chi connectivity index (χ2v) is 9.07. The molecule has 0 bridgehead atoms. The monoisotopic (exact) mass is 388 g/mol. The van der Waals surface area contributed by atoms with Gasteiger partial charge in [0.25, 0.3) is 0 Å². The molecule has 0 aromatic heterocycles. The summed E-state index contributed by atoms with van der Waals surface area (Å²) in [5.41, 5.74) is 0.551. The largest absolute Gasteiger partial charge is 0.504 e. The van der Waals surface area contributed by atoms with Crippen molar-refractivity contribution in [3.8, 4) is 11.5 Å². The number of benzene rings is 1. The van der Waals surface area contributed by atoms with Crippen molar-refractivity contribution < 1.29 is 24.5 Å². The second-order valence-electron chi connectivity index (χ2n) is 9.07. The Labute approximate surface area is 167 Å². The molecule has 2 aliphatic rings. The van der Waals surface area contributed by atoms with E-state index in [1.807, 2.05) is 13.8 Å². The number of hydrogen-bond acceptors (Lipinski definition) is 5. The molecule has 3 rings (SSSR count). The van der Waals surface area contributed by atoms with E-state index < -0.39 is 17.7 Å². The van der Waals surface area contributed by atoms with Crippen molar-refractivity contribution in [1.29, 1.82) is 0 Å². The van der Waals surface area contributed by atoms with Gasteiger partial charge in [0.15, 0.2) is 11.5 Å². The van der Waals surface area contributed by atoms with Gasteiger partial charge in [0.05, 0.1) is 18.3 Å². The molecular weight excluding hydrogens is 356 g/mol. The van der Waals surface area contributed by atoms with Gasteiger partial charge in [-0.25, -0.2) is 4.79 Å². The Hall–Kier alpha value is -2.01. The van der Waals surface area contributed by atoms with Gasteiger partial charge in [0.1, 0.15) is 6.10 Å². The maximum Gasteiger partial charge on any atom is 0.338 e. The zero-order chi connectivity index (χ0) is 20.7. The quantitative estimate of drug-likeness (QED) is 0.588. The molecule has 1 aromatic carbocycles. The van der Waals surface area contributed by atoms with Crippen molar-refractivity contribution in [3.63, 3.8) is 0 Å². The van der Waals surface area contributed by atoms with Crippen molar-refractivity contribution in [1.82, 2.24) is 0 Å². The Morgan fingerprint density at radius 1 is 1.29 bits per heavy atom. The van der Waals surface area contributed by atoms with Crippen LogP contribution in [0.25, 0.3) is 0 Å². The van der Waals surface area contributed by atoms with E-state index in [-0.39, 0.29) is 28.7 Å². The summed E-state index contributed by atoms with van der Waals surface area (Å²) in [6, 6.07) is 4.44. The zero-order valence-electron chi connectivity index (χ0n) is 17.5. The maximum atomic E-state index is 12.9. The number of hydrogen-bond donors (Lipinski definition) is 2. The minimum atomic E-state index is -0.856. The summed E-state index contributed by atoms with van der Waals surface area (Å²) in [5, 5.41) is 21.3. The van der Waals surface area contributed by atoms with Gasteiger partial charge in [0.2, 0.25) is 0 Å². The first-order valence-electron chi connectivity index (χ1n) is 10.1. The average Bonchev–Trinajstić information content (AvgIpc) is 2.85. The second kappa shape index (κ2) is 7.43. The Bertz CT molecular complexity index is 783. The van der Waals surface area contributed by atoms with E-state index in [0.29, 0.717) is 12.0 Å². The molecule has 0 amide bonds. The average molecular weight is 389 g/mol. The van der Waals surface area contributed by atoms with Gasteiger partial charge >= 0.3 is 5.97 Å². The number of esters is 1. The molecule has 1 saturated carbocycles. The number of carbonyl (C=O) groups excluding carboxylic acids is 1. The van der Waals surface area contributed by atoms with E-state index in [9.17, 15) is 15.0 Å². The van der Waals surface area contributed by atoms with E-state index in [0.717, 1.165) is 19.3 Å². The van der Waals surface area contributed by atoms with Crippen LogP contribution in [0.5, 0.6) is 11.5 Å². The molecule has 5 heteroatoms. The molecule has 0 unspecified atom stereocenters. The van der Waals surface area contributed by atoms with Crippen LogP contribution in [-0.4, -0.2) is 35.0 Å². The SMILES string of the molecule is COc1cc(C(=O)O[C@@H]2CC(C)=CC[C@@]3(C)CC[C@](O)(C(C)C)[C@H]23)ccc1O. The van der Waals surface area contributed by atoms with E-state index in [1.54, 1.807) is 0 Å². The first-order chi connectivity index (χ1) is 13.1. The van der Waals surface area contributed by atoms with Crippen LogP contribution in [0.2, 0.25) is 0 Å². The third-order valence-corrected chi connectivity index (χ3v) is 6.87. The molecular formula is C23H32O5. The fourth-order valence-electron chi connectivity index (χ4n) is 5.09. The van der Waals surface area contributed by atoms with Gasteiger partial charge < -0.3 is 19.7 Å². The number of rotatable bonds is 4. The molecule has 28 heavy (non-hydrogen) atoms. The van der Waals surface area contributed by atoms with Crippen molar-refractivity contribution >= 4 is 5.97 Å².